The topological polar surface area (TPSA) is 155 Å². The second kappa shape index (κ2) is 17.9. The average Bonchev–Trinajstić information content (AvgIpc) is 2.80. The molecule has 0 radical (unpaired) electrons. The lowest BCUT2D eigenvalue weighted by atomic mass is 9.93. The number of hydrogen-bond acceptors (Lipinski definition) is 10. The third kappa shape index (κ3) is 13.4. The number of likely N-dealkylation sites (N-methyl/N-ethyl adjacent to an activating group) is 1. The van der Waals surface area contributed by atoms with Gasteiger partial charge in [-0.25, -0.2) is 0 Å². The highest BCUT2D eigenvalue weighted by molar-refractivity contribution is 5.89. The molecule has 2 atom stereocenters. The minimum atomic E-state index is -0.974. The molecule has 0 aliphatic carbocycles. The Bertz CT molecular complexity index is 603. The highest BCUT2D eigenvalue weighted by Crippen LogP contribution is 2.11. The van der Waals surface area contributed by atoms with Crippen molar-refractivity contribution in [2.75, 3.05) is 66.4 Å². The van der Waals surface area contributed by atoms with Crippen LogP contribution in [0.2, 0.25) is 0 Å². The molecule has 11 heteroatoms. The summed E-state index contributed by atoms with van der Waals surface area (Å²) < 4.78 is 16.1. The molecular weight excluding hydrogens is 446 g/mol. The quantitative estimate of drug-likeness (QED) is 0.120. The summed E-state index contributed by atoms with van der Waals surface area (Å²) in [7, 11) is 1.56. The first kappa shape index (κ1) is 32.5. The molecule has 0 amide bonds. The fraction of sp³-hybridized carbons (Fsp3) is 0.870. The van der Waals surface area contributed by atoms with Crippen LogP contribution in [0.1, 0.15) is 47.0 Å². The molecule has 0 aliphatic rings. The van der Waals surface area contributed by atoms with E-state index in [2.05, 4.69) is 16.0 Å². The number of Topliss-reactive ketones (excluding diaryl/α,β-unsaturated/α-hetero) is 2. The van der Waals surface area contributed by atoms with E-state index in [-0.39, 0.29) is 50.8 Å². The maximum atomic E-state index is 12.5. The summed E-state index contributed by atoms with van der Waals surface area (Å²) >= 11 is 0. The Kier molecular flexibility index (Phi) is 17.1. The number of carboxylic acids is 1. The summed E-state index contributed by atoms with van der Waals surface area (Å²) in [6.07, 6.45) is 0.992. The summed E-state index contributed by atoms with van der Waals surface area (Å²) in [5.41, 5.74) is -1.49. The molecule has 0 saturated carbocycles. The zero-order chi connectivity index (χ0) is 26.0. The first-order valence-corrected chi connectivity index (χ1v) is 11.8. The maximum absolute atomic E-state index is 12.5. The lowest BCUT2D eigenvalue weighted by molar-refractivity contribution is -0.139. The van der Waals surface area contributed by atoms with E-state index in [0.29, 0.717) is 39.3 Å². The highest BCUT2D eigenvalue weighted by atomic mass is 16.5. The predicted octanol–water partition coefficient (Wildman–Crippen LogP) is -0.254. The van der Waals surface area contributed by atoms with Gasteiger partial charge in [0.2, 0.25) is 0 Å². The summed E-state index contributed by atoms with van der Waals surface area (Å²) in [6.45, 7) is 9.80. The van der Waals surface area contributed by atoms with E-state index in [1.54, 1.807) is 20.9 Å². The van der Waals surface area contributed by atoms with Crippen LogP contribution in [0.4, 0.5) is 0 Å². The molecule has 0 spiro atoms. The van der Waals surface area contributed by atoms with Crippen LogP contribution in [0, 0.1) is 0 Å². The van der Waals surface area contributed by atoms with Crippen LogP contribution in [0.15, 0.2) is 0 Å². The Balaban J connectivity index is 4.03. The molecule has 0 fully saturated rings. The normalized spacial score (nSPS) is 14.5. The Morgan fingerprint density at radius 3 is 2.03 bits per heavy atom. The van der Waals surface area contributed by atoms with Crippen molar-refractivity contribution >= 4 is 17.5 Å². The summed E-state index contributed by atoms with van der Waals surface area (Å²) in [4.78, 5) is 35.9. The van der Waals surface area contributed by atoms with E-state index in [9.17, 15) is 14.4 Å². The Hall–Kier alpha value is -1.47. The van der Waals surface area contributed by atoms with Crippen LogP contribution < -0.4 is 16.0 Å². The standard InChI is InChI=1S/C23H45N3O8/c1-6-23(4,26-10-13-32-14-11-27)20(29)17-34-16-15-33-12-9-25-22(2,3)19(28)8-7-18(24-5)21(30)31/h18,24-27H,6-17H2,1-5H3,(H,30,31). The zero-order valence-electron chi connectivity index (χ0n) is 21.4. The molecule has 0 saturated heterocycles. The molecular formula is C23H45N3O8. The van der Waals surface area contributed by atoms with Crippen molar-refractivity contribution < 1.29 is 38.8 Å². The average molecular weight is 492 g/mol. The molecule has 0 rings (SSSR count). The number of carbonyl (C=O) groups excluding carboxylic acids is 2. The van der Waals surface area contributed by atoms with E-state index in [4.69, 9.17) is 24.4 Å². The molecule has 0 aliphatic heterocycles. The van der Waals surface area contributed by atoms with Crippen molar-refractivity contribution in [3.05, 3.63) is 0 Å². The van der Waals surface area contributed by atoms with E-state index in [0.717, 1.165) is 0 Å². The SMILES string of the molecule is CCC(C)(NCCOCCO)C(=O)COCCOCCNC(C)(C)C(=O)CCC(NC)C(=O)O. The monoisotopic (exact) mass is 491 g/mol. The molecule has 11 nitrogen and oxygen atoms in total. The maximum Gasteiger partial charge on any atom is 0.320 e. The number of carbonyl (C=O) groups is 3. The molecule has 34 heavy (non-hydrogen) atoms. The van der Waals surface area contributed by atoms with Crippen LogP contribution in [0.5, 0.6) is 0 Å². The Morgan fingerprint density at radius 2 is 1.47 bits per heavy atom. The summed E-state index contributed by atoms with van der Waals surface area (Å²) in [6, 6.07) is -0.744. The van der Waals surface area contributed by atoms with Crippen molar-refractivity contribution in [1.82, 2.24) is 16.0 Å². The van der Waals surface area contributed by atoms with Crippen molar-refractivity contribution in [3.63, 3.8) is 0 Å². The second-order valence-electron chi connectivity index (χ2n) is 8.73. The molecule has 200 valence electrons. The van der Waals surface area contributed by atoms with Gasteiger partial charge in [0.25, 0.3) is 0 Å². The molecule has 0 aromatic carbocycles. The van der Waals surface area contributed by atoms with E-state index < -0.39 is 23.1 Å². The third-order valence-electron chi connectivity index (χ3n) is 5.74. The summed E-state index contributed by atoms with van der Waals surface area (Å²) in [5, 5.41) is 26.7. The lowest BCUT2D eigenvalue weighted by Gasteiger charge is -2.28. The van der Waals surface area contributed by atoms with Gasteiger partial charge in [0.05, 0.1) is 50.7 Å². The fourth-order valence-electron chi connectivity index (χ4n) is 3.04. The van der Waals surface area contributed by atoms with Crippen LogP contribution in [0.3, 0.4) is 0 Å². The van der Waals surface area contributed by atoms with Gasteiger partial charge in [-0.2, -0.15) is 0 Å². The van der Waals surface area contributed by atoms with Crippen LogP contribution in [0.25, 0.3) is 0 Å². The lowest BCUT2D eigenvalue weighted by Crippen LogP contribution is -2.51. The number of aliphatic hydroxyl groups excluding tert-OH is 1. The molecule has 0 aromatic rings. The van der Waals surface area contributed by atoms with Crippen molar-refractivity contribution in [3.8, 4) is 0 Å². The number of hydrogen-bond donors (Lipinski definition) is 5. The molecule has 0 heterocycles. The number of ether oxygens (including phenoxy) is 3. The number of aliphatic hydroxyl groups is 1. The number of nitrogens with one attached hydrogen (secondary N) is 3. The van der Waals surface area contributed by atoms with Gasteiger partial charge < -0.3 is 40.4 Å². The molecule has 2 unspecified atom stereocenters. The number of aliphatic carboxylic acids is 1. The third-order valence-corrected chi connectivity index (χ3v) is 5.74. The van der Waals surface area contributed by atoms with E-state index in [1.807, 2.05) is 13.8 Å². The molecule has 0 aromatic heterocycles. The first-order valence-electron chi connectivity index (χ1n) is 11.8. The van der Waals surface area contributed by atoms with Crippen molar-refractivity contribution in [2.45, 2.75) is 64.1 Å². The van der Waals surface area contributed by atoms with Gasteiger partial charge in [-0.3, -0.25) is 14.4 Å². The van der Waals surface area contributed by atoms with Gasteiger partial charge in [0.15, 0.2) is 11.6 Å². The second-order valence-corrected chi connectivity index (χ2v) is 8.73. The van der Waals surface area contributed by atoms with Crippen LogP contribution >= 0.6 is 0 Å². The van der Waals surface area contributed by atoms with Crippen LogP contribution in [-0.4, -0.2) is 111 Å². The van der Waals surface area contributed by atoms with Gasteiger partial charge in [-0.05, 0) is 40.7 Å². The molecule has 0 bridgehead atoms. The Labute approximate surface area is 203 Å². The van der Waals surface area contributed by atoms with Gasteiger partial charge in [-0.1, -0.05) is 6.92 Å². The fourth-order valence-corrected chi connectivity index (χ4v) is 3.04. The minimum Gasteiger partial charge on any atom is -0.480 e. The number of ketones is 2. The highest BCUT2D eigenvalue weighted by Gasteiger charge is 2.30. The van der Waals surface area contributed by atoms with Gasteiger partial charge in [0, 0.05) is 19.5 Å². The van der Waals surface area contributed by atoms with Crippen LogP contribution in [-0.2, 0) is 28.6 Å². The molecule has 5 N–H and O–H groups in total. The zero-order valence-corrected chi connectivity index (χ0v) is 21.4. The van der Waals surface area contributed by atoms with Gasteiger partial charge >= 0.3 is 5.97 Å². The van der Waals surface area contributed by atoms with Crippen molar-refractivity contribution in [1.29, 1.82) is 0 Å². The van der Waals surface area contributed by atoms with Gasteiger partial charge in [0.1, 0.15) is 12.6 Å². The minimum absolute atomic E-state index is 0.0259. The smallest absolute Gasteiger partial charge is 0.320 e. The summed E-state index contributed by atoms with van der Waals surface area (Å²) in [5.74, 6) is -1.09. The number of rotatable bonds is 23. The number of carboxylic acid groups (broad SMARTS) is 1. The largest absolute Gasteiger partial charge is 0.480 e. The van der Waals surface area contributed by atoms with E-state index >= 15 is 0 Å². The van der Waals surface area contributed by atoms with E-state index in [1.165, 1.54) is 0 Å². The van der Waals surface area contributed by atoms with Gasteiger partial charge in [-0.15, -0.1) is 0 Å². The van der Waals surface area contributed by atoms with Crippen molar-refractivity contribution in [2.24, 2.45) is 0 Å². The Morgan fingerprint density at radius 1 is 0.882 bits per heavy atom. The predicted molar refractivity (Wildman–Crippen MR) is 128 cm³/mol. The first-order chi connectivity index (χ1) is 16.0.